The first-order valence-electron chi connectivity index (χ1n) is 7.34. The summed E-state index contributed by atoms with van der Waals surface area (Å²) in [6, 6.07) is 9.18. The molecule has 0 spiro atoms. The van der Waals surface area contributed by atoms with Crippen LogP contribution in [-0.2, 0) is 13.0 Å². The average Bonchev–Trinajstić information content (AvgIpc) is 3.09. The minimum Gasteiger partial charge on any atom is -0.467 e. The largest absolute Gasteiger partial charge is 0.467 e. The predicted octanol–water partition coefficient (Wildman–Crippen LogP) is 4.04. The van der Waals surface area contributed by atoms with Gasteiger partial charge in [-0.2, -0.15) is 10.1 Å². The summed E-state index contributed by atoms with van der Waals surface area (Å²) in [5.41, 5.74) is 1.02. The smallest absolute Gasteiger partial charge is 0.245 e. The van der Waals surface area contributed by atoms with E-state index in [9.17, 15) is 0 Å². The summed E-state index contributed by atoms with van der Waals surface area (Å²) in [5, 5.41) is 15.4. The normalized spacial score (nSPS) is 10.6. The lowest BCUT2D eigenvalue weighted by Crippen LogP contribution is -2.10. The lowest BCUT2D eigenvalue weighted by Gasteiger charge is -2.08. The van der Waals surface area contributed by atoms with Gasteiger partial charge in [0.05, 0.1) is 19.0 Å². The highest BCUT2D eigenvalue weighted by molar-refractivity contribution is 6.35. The molecule has 0 saturated heterocycles. The van der Waals surface area contributed by atoms with Gasteiger partial charge in [0, 0.05) is 16.6 Å². The molecule has 0 saturated carbocycles. The van der Waals surface area contributed by atoms with Crippen LogP contribution in [0, 0.1) is 0 Å². The van der Waals surface area contributed by atoms with Crippen molar-refractivity contribution >= 4 is 35.0 Å². The molecule has 1 aromatic carbocycles. The average molecular weight is 364 g/mol. The van der Waals surface area contributed by atoms with Crippen LogP contribution in [0.15, 0.2) is 47.2 Å². The lowest BCUT2D eigenvalue weighted by atomic mass is 10.1. The van der Waals surface area contributed by atoms with E-state index in [0.717, 1.165) is 17.7 Å². The molecule has 8 heteroatoms. The molecule has 6 nitrogen and oxygen atoms in total. The van der Waals surface area contributed by atoms with Crippen molar-refractivity contribution in [3.8, 4) is 0 Å². The maximum Gasteiger partial charge on any atom is 0.245 e. The SMILES string of the molecule is Clc1ccc(CCNc2cnnc(NCc3ccco3)n2)c(Cl)c1. The Bertz CT molecular complexity index is 795. The van der Waals surface area contributed by atoms with Gasteiger partial charge in [-0.05, 0) is 36.2 Å². The van der Waals surface area contributed by atoms with Gasteiger partial charge in [-0.3, -0.25) is 0 Å². The molecular formula is C16H15Cl2N5O. The Labute approximate surface area is 149 Å². The Kier molecular flexibility index (Phi) is 5.51. The van der Waals surface area contributed by atoms with Crippen LogP contribution in [0.5, 0.6) is 0 Å². The van der Waals surface area contributed by atoms with Gasteiger partial charge in [0.15, 0.2) is 5.82 Å². The third-order valence-corrected chi connectivity index (χ3v) is 3.86. The Morgan fingerprint density at radius 3 is 2.83 bits per heavy atom. The Morgan fingerprint density at radius 1 is 1.12 bits per heavy atom. The van der Waals surface area contributed by atoms with Gasteiger partial charge >= 0.3 is 0 Å². The van der Waals surface area contributed by atoms with Gasteiger partial charge in [-0.25, -0.2) is 0 Å². The van der Waals surface area contributed by atoms with E-state index in [-0.39, 0.29) is 0 Å². The monoisotopic (exact) mass is 363 g/mol. The van der Waals surface area contributed by atoms with Gasteiger partial charge in [0.1, 0.15) is 5.76 Å². The molecule has 0 aliphatic carbocycles. The summed E-state index contributed by atoms with van der Waals surface area (Å²) < 4.78 is 5.24. The molecule has 0 aliphatic rings. The Balaban J connectivity index is 1.52. The molecule has 0 radical (unpaired) electrons. The van der Waals surface area contributed by atoms with Crippen molar-refractivity contribution in [3.05, 3.63) is 64.2 Å². The maximum absolute atomic E-state index is 6.16. The highest BCUT2D eigenvalue weighted by Gasteiger charge is 2.04. The van der Waals surface area contributed by atoms with E-state index in [1.54, 1.807) is 18.5 Å². The highest BCUT2D eigenvalue weighted by Crippen LogP contribution is 2.21. The second-order valence-corrected chi connectivity index (χ2v) is 5.85. The van der Waals surface area contributed by atoms with Crippen molar-refractivity contribution in [1.82, 2.24) is 15.2 Å². The fourth-order valence-electron chi connectivity index (χ4n) is 2.09. The van der Waals surface area contributed by atoms with E-state index in [1.165, 1.54) is 0 Å². The quantitative estimate of drug-likeness (QED) is 0.659. The third kappa shape index (κ3) is 4.59. The van der Waals surface area contributed by atoms with Gasteiger partial charge in [0.25, 0.3) is 0 Å². The zero-order chi connectivity index (χ0) is 16.8. The molecule has 0 unspecified atom stereocenters. The zero-order valence-corrected chi connectivity index (χ0v) is 14.2. The molecule has 3 aromatic rings. The van der Waals surface area contributed by atoms with Crippen LogP contribution in [0.4, 0.5) is 11.8 Å². The standard InChI is InChI=1S/C16H15Cl2N5O/c17-12-4-3-11(14(18)8-12)5-6-19-15-10-21-23-16(22-15)20-9-13-2-1-7-24-13/h1-4,7-8,10H,5-6,9H2,(H2,19,20,22,23). The van der Waals surface area contributed by atoms with Crippen LogP contribution in [-0.4, -0.2) is 21.7 Å². The minimum absolute atomic E-state index is 0.431. The second-order valence-electron chi connectivity index (χ2n) is 5.01. The van der Waals surface area contributed by atoms with E-state index in [2.05, 4.69) is 25.8 Å². The molecule has 3 rings (SSSR count). The summed E-state index contributed by atoms with van der Waals surface area (Å²) in [4.78, 5) is 4.35. The summed E-state index contributed by atoms with van der Waals surface area (Å²) in [5.74, 6) is 1.87. The Morgan fingerprint density at radius 2 is 2.04 bits per heavy atom. The molecule has 0 fully saturated rings. The van der Waals surface area contributed by atoms with Crippen LogP contribution in [0.1, 0.15) is 11.3 Å². The van der Waals surface area contributed by atoms with Crippen molar-refractivity contribution in [2.45, 2.75) is 13.0 Å². The van der Waals surface area contributed by atoms with Gasteiger partial charge in [-0.15, -0.1) is 5.10 Å². The number of nitrogens with zero attached hydrogens (tertiary/aromatic N) is 3. The van der Waals surface area contributed by atoms with Crippen LogP contribution in [0.25, 0.3) is 0 Å². The van der Waals surface area contributed by atoms with Crippen molar-refractivity contribution in [2.24, 2.45) is 0 Å². The summed E-state index contributed by atoms with van der Waals surface area (Å²) in [6.45, 7) is 1.16. The summed E-state index contributed by atoms with van der Waals surface area (Å²) in [6.07, 6.45) is 3.94. The molecular weight excluding hydrogens is 349 g/mol. The number of halogens is 2. The Hall–Kier alpha value is -2.31. The van der Waals surface area contributed by atoms with Crippen molar-refractivity contribution in [3.63, 3.8) is 0 Å². The number of anilines is 2. The van der Waals surface area contributed by atoms with Crippen molar-refractivity contribution < 1.29 is 4.42 Å². The van der Waals surface area contributed by atoms with Gasteiger partial charge in [-0.1, -0.05) is 29.3 Å². The van der Waals surface area contributed by atoms with E-state index < -0.39 is 0 Å². The number of rotatable bonds is 7. The molecule has 0 atom stereocenters. The number of aromatic nitrogens is 3. The first-order valence-corrected chi connectivity index (χ1v) is 8.10. The highest BCUT2D eigenvalue weighted by atomic mass is 35.5. The first kappa shape index (κ1) is 16.5. The van der Waals surface area contributed by atoms with Crippen LogP contribution in [0.2, 0.25) is 10.0 Å². The predicted molar refractivity (Wildman–Crippen MR) is 94.5 cm³/mol. The number of furan rings is 1. The number of hydrogen-bond acceptors (Lipinski definition) is 6. The van der Waals surface area contributed by atoms with Gasteiger partial charge in [0.2, 0.25) is 5.95 Å². The molecule has 24 heavy (non-hydrogen) atoms. The number of nitrogens with one attached hydrogen (secondary N) is 2. The fraction of sp³-hybridized carbons (Fsp3) is 0.188. The molecule has 2 N–H and O–H groups in total. The van der Waals surface area contributed by atoms with E-state index in [0.29, 0.717) is 34.9 Å². The third-order valence-electron chi connectivity index (χ3n) is 3.28. The molecule has 0 amide bonds. The summed E-state index contributed by atoms with van der Waals surface area (Å²) in [7, 11) is 0. The number of hydrogen-bond donors (Lipinski definition) is 2. The topological polar surface area (TPSA) is 75.9 Å². The molecule has 2 heterocycles. The zero-order valence-electron chi connectivity index (χ0n) is 12.7. The minimum atomic E-state index is 0.431. The van der Waals surface area contributed by atoms with Crippen molar-refractivity contribution in [2.75, 3.05) is 17.2 Å². The van der Waals surface area contributed by atoms with E-state index >= 15 is 0 Å². The van der Waals surface area contributed by atoms with Gasteiger partial charge < -0.3 is 15.1 Å². The molecule has 0 aliphatic heterocycles. The van der Waals surface area contributed by atoms with Crippen molar-refractivity contribution in [1.29, 1.82) is 0 Å². The van der Waals surface area contributed by atoms with E-state index in [1.807, 2.05) is 24.3 Å². The molecule has 0 bridgehead atoms. The van der Waals surface area contributed by atoms with E-state index in [4.69, 9.17) is 27.6 Å². The summed E-state index contributed by atoms with van der Waals surface area (Å²) >= 11 is 12.0. The first-order chi connectivity index (χ1) is 11.7. The van der Waals surface area contributed by atoms with Crippen LogP contribution in [0.3, 0.4) is 0 Å². The lowest BCUT2D eigenvalue weighted by molar-refractivity contribution is 0.517. The fourth-order valence-corrected chi connectivity index (χ4v) is 2.60. The molecule has 124 valence electrons. The second kappa shape index (κ2) is 7.99. The number of benzene rings is 1. The molecule has 2 aromatic heterocycles. The maximum atomic E-state index is 6.16. The van der Waals surface area contributed by atoms with Crippen LogP contribution < -0.4 is 10.6 Å². The van der Waals surface area contributed by atoms with Crippen LogP contribution >= 0.6 is 23.2 Å².